The number of para-hydroxylation sites is 1. The molecule has 1 amide bonds. The molecule has 1 aromatic carbocycles. The molecule has 0 spiro atoms. The summed E-state index contributed by atoms with van der Waals surface area (Å²) >= 11 is 1.56. The van der Waals surface area contributed by atoms with Gasteiger partial charge in [-0.05, 0) is 18.2 Å². The minimum absolute atomic E-state index is 0.0613. The molecule has 2 heterocycles. The normalized spacial score (nSPS) is 10.7. The van der Waals surface area contributed by atoms with Gasteiger partial charge in [0.1, 0.15) is 11.6 Å². The van der Waals surface area contributed by atoms with E-state index in [0.29, 0.717) is 6.61 Å². The number of amides is 1. The Kier molecular flexibility index (Phi) is 4.13. The Bertz CT molecular complexity index is 712. The molecular formula is C14H12N4O2S. The lowest BCUT2D eigenvalue weighted by molar-refractivity contribution is -0.121. The highest BCUT2D eigenvalue weighted by Gasteiger charge is 2.06. The molecule has 6 nitrogen and oxygen atoms in total. The molecule has 0 unspecified atom stereocenters. The molecule has 3 rings (SSSR count). The summed E-state index contributed by atoms with van der Waals surface area (Å²) < 4.78 is 6.47. The summed E-state index contributed by atoms with van der Waals surface area (Å²) in [7, 11) is 0. The van der Waals surface area contributed by atoms with E-state index in [0.717, 1.165) is 15.2 Å². The zero-order valence-corrected chi connectivity index (χ0v) is 11.8. The van der Waals surface area contributed by atoms with E-state index < -0.39 is 0 Å². The first-order chi connectivity index (χ1) is 10.3. The molecule has 0 radical (unpaired) electrons. The van der Waals surface area contributed by atoms with Crippen LogP contribution in [0.5, 0.6) is 0 Å². The number of hydrogen-bond donors (Lipinski definition) is 1. The summed E-state index contributed by atoms with van der Waals surface area (Å²) in [6.07, 6.45) is 3.12. The largest absolute Gasteiger partial charge is 0.364 e. The van der Waals surface area contributed by atoms with Crippen molar-refractivity contribution >= 4 is 33.4 Å². The summed E-state index contributed by atoms with van der Waals surface area (Å²) in [5.74, 6) is -0.0200. The zero-order valence-electron chi connectivity index (χ0n) is 11.0. The lowest BCUT2D eigenvalue weighted by Gasteiger charge is -2.03. The zero-order chi connectivity index (χ0) is 14.5. The molecule has 0 bridgehead atoms. The van der Waals surface area contributed by atoms with E-state index in [1.165, 1.54) is 0 Å². The Morgan fingerprint density at radius 1 is 1.19 bits per heavy atom. The van der Waals surface area contributed by atoms with Crippen LogP contribution in [0.3, 0.4) is 0 Å². The Morgan fingerprint density at radius 3 is 2.81 bits per heavy atom. The third-order valence-corrected chi connectivity index (χ3v) is 3.62. The second-order valence-corrected chi connectivity index (χ2v) is 5.30. The molecule has 0 saturated heterocycles. The number of anilines is 1. The number of hydrogen-bond acceptors (Lipinski definition) is 6. The fraction of sp³-hybridized carbons (Fsp3) is 0.143. The molecule has 0 aliphatic carbocycles. The third kappa shape index (κ3) is 3.59. The molecule has 21 heavy (non-hydrogen) atoms. The van der Waals surface area contributed by atoms with E-state index in [1.54, 1.807) is 29.8 Å². The fourth-order valence-corrected chi connectivity index (χ4v) is 2.64. The summed E-state index contributed by atoms with van der Waals surface area (Å²) in [5, 5.41) is 3.40. The average molecular weight is 300 g/mol. The van der Waals surface area contributed by atoms with Gasteiger partial charge in [-0.25, -0.2) is 15.0 Å². The number of fused-ring (bicyclic) bond motifs is 1. The lowest BCUT2D eigenvalue weighted by atomic mass is 10.3. The van der Waals surface area contributed by atoms with Crippen LogP contribution >= 0.6 is 11.3 Å². The molecular weight excluding hydrogens is 288 g/mol. The van der Waals surface area contributed by atoms with E-state index in [-0.39, 0.29) is 18.5 Å². The second-order valence-electron chi connectivity index (χ2n) is 4.19. The Balaban J connectivity index is 1.50. The standard InChI is InChI=1S/C14H12N4O2S/c19-12(18-14-15-6-3-7-16-14)8-20-9-13-17-10-4-1-2-5-11(10)21-13/h1-7H,8-9H2,(H,15,16,18,19). The Labute approximate surface area is 124 Å². The van der Waals surface area contributed by atoms with Crippen molar-refractivity contribution in [2.75, 3.05) is 11.9 Å². The van der Waals surface area contributed by atoms with E-state index in [9.17, 15) is 4.79 Å². The van der Waals surface area contributed by atoms with Crippen LogP contribution in [0.15, 0.2) is 42.7 Å². The van der Waals surface area contributed by atoms with Crippen LogP contribution < -0.4 is 5.32 Å². The van der Waals surface area contributed by atoms with Gasteiger partial charge in [-0.15, -0.1) is 11.3 Å². The maximum Gasteiger partial charge on any atom is 0.252 e. The van der Waals surface area contributed by atoms with Gasteiger partial charge in [0.15, 0.2) is 0 Å². The van der Waals surface area contributed by atoms with Crippen molar-refractivity contribution in [3.8, 4) is 0 Å². The maximum atomic E-state index is 11.6. The minimum atomic E-state index is -0.290. The van der Waals surface area contributed by atoms with E-state index in [4.69, 9.17) is 4.74 Å². The highest BCUT2D eigenvalue weighted by molar-refractivity contribution is 7.18. The van der Waals surface area contributed by atoms with Crippen LogP contribution in [0, 0.1) is 0 Å². The topological polar surface area (TPSA) is 77.0 Å². The van der Waals surface area contributed by atoms with Crippen molar-refractivity contribution in [2.24, 2.45) is 0 Å². The SMILES string of the molecule is O=C(COCc1nc2ccccc2s1)Nc1ncccn1. The predicted octanol–water partition coefficient (Wildman–Crippen LogP) is 2.24. The predicted molar refractivity (Wildman–Crippen MR) is 79.9 cm³/mol. The molecule has 0 fully saturated rings. The third-order valence-electron chi connectivity index (χ3n) is 2.61. The van der Waals surface area contributed by atoms with Crippen LogP contribution in [0.2, 0.25) is 0 Å². The molecule has 0 atom stereocenters. The number of aromatic nitrogens is 3. The Hall–Kier alpha value is -2.38. The molecule has 3 aromatic rings. The monoisotopic (exact) mass is 300 g/mol. The van der Waals surface area contributed by atoms with Crippen molar-refractivity contribution in [1.29, 1.82) is 0 Å². The van der Waals surface area contributed by atoms with Gasteiger partial charge < -0.3 is 4.74 Å². The number of rotatable bonds is 5. The molecule has 106 valence electrons. The van der Waals surface area contributed by atoms with Gasteiger partial charge in [0.2, 0.25) is 5.95 Å². The summed E-state index contributed by atoms with van der Waals surface area (Å²) in [5.41, 5.74) is 0.947. The molecule has 0 saturated carbocycles. The van der Waals surface area contributed by atoms with Gasteiger partial charge >= 0.3 is 0 Å². The van der Waals surface area contributed by atoms with Crippen molar-refractivity contribution in [3.05, 3.63) is 47.7 Å². The number of ether oxygens (including phenoxy) is 1. The van der Waals surface area contributed by atoms with Gasteiger partial charge in [-0.1, -0.05) is 12.1 Å². The first-order valence-electron chi connectivity index (χ1n) is 6.30. The van der Waals surface area contributed by atoms with Crippen molar-refractivity contribution in [2.45, 2.75) is 6.61 Å². The first-order valence-corrected chi connectivity index (χ1v) is 7.12. The van der Waals surface area contributed by atoms with Crippen LogP contribution in [0.25, 0.3) is 10.2 Å². The van der Waals surface area contributed by atoms with Crippen molar-refractivity contribution in [1.82, 2.24) is 15.0 Å². The summed E-state index contributed by atoms with van der Waals surface area (Å²) in [6.45, 7) is 0.247. The highest BCUT2D eigenvalue weighted by atomic mass is 32.1. The van der Waals surface area contributed by atoms with E-state index >= 15 is 0 Å². The fourth-order valence-electron chi connectivity index (χ4n) is 1.74. The quantitative estimate of drug-likeness (QED) is 0.782. The van der Waals surface area contributed by atoms with E-state index in [2.05, 4.69) is 20.3 Å². The Morgan fingerprint density at radius 2 is 2.00 bits per heavy atom. The smallest absolute Gasteiger partial charge is 0.252 e. The van der Waals surface area contributed by atoms with Crippen LogP contribution in [0.1, 0.15) is 5.01 Å². The van der Waals surface area contributed by atoms with Gasteiger partial charge in [-0.2, -0.15) is 0 Å². The van der Waals surface area contributed by atoms with Crippen LogP contribution in [-0.2, 0) is 16.1 Å². The van der Waals surface area contributed by atoms with Gasteiger partial charge in [0.25, 0.3) is 5.91 Å². The van der Waals surface area contributed by atoms with Gasteiger partial charge in [0.05, 0.1) is 16.8 Å². The van der Waals surface area contributed by atoms with Gasteiger partial charge in [0, 0.05) is 12.4 Å². The maximum absolute atomic E-state index is 11.6. The number of benzene rings is 1. The first kappa shape index (κ1) is 13.6. The van der Waals surface area contributed by atoms with Crippen molar-refractivity contribution < 1.29 is 9.53 Å². The molecule has 2 aromatic heterocycles. The molecule has 7 heteroatoms. The number of thiazole rings is 1. The van der Waals surface area contributed by atoms with E-state index in [1.807, 2.05) is 24.3 Å². The number of carbonyl (C=O) groups excluding carboxylic acids is 1. The molecule has 0 aliphatic heterocycles. The second kappa shape index (κ2) is 6.38. The number of nitrogens with one attached hydrogen (secondary N) is 1. The number of nitrogens with zero attached hydrogens (tertiary/aromatic N) is 3. The van der Waals surface area contributed by atoms with Crippen molar-refractivity contribution in [3.63, 3.8) is 0 Å². The number of carbonyl (C=O) groups is 1. The van der Waals surface area contributed by atoms with Crippen LogP contribution in [-0.4, -0.2) is 27.5 Å². The lowest BCUT2D eigenvalue weighted by Crippen LogP contribution is -2.19. The van der Waals surface area contributed by atoms with Gasteiger partial charge in [-0.3, -0.25) is 10.1 Å². The highest BCUT2D eigenvalue weighted by Crippen LogP contribution is 2.21. The summed E-state index contributed by atoms with van der Waals surface area (Å²) in [6, 6.07) is 9.56. The molecule has 0 aliphatic rings. The molecule has 1 N–H and O–H groups in total. The minimum Gasteiger partial charge on any atom is -0.364 e. The van der Waals surface area contributed by atoms with Crippen LogP contribution in [0.4, 0.5) is 5.95 Å². The average Bonchev–Trinajstić information content (AvgIpc) is 2.91. The summed E-state index contributed by atoms with van der Waals surface area (Å²) in [4.78, 5) is 23.9.